The normalized spacial score (nSPS) is 15.4. The number of rotatable bonds is 2. The molecule has 1 aromatic carbocycles. The molecule has 2 nitrogen and oxygen atoms in total. The van der Waals surface area contributed by atoms with Crippen LogP contribution in [0, 0.1) is 6.92 Å². The van der Waals surface area contributed by atoms with Crippen molar-refractivity contribution in [1.29, 1.82) is 0 Å². The van der Waals surface area contributed by atoms with Gasteiger partial charge >= 0.3 is 0 Å². The number of hydrogen-bond acceptors (Lipinski definition) is 1. The first-order valence-corrected chi connectivity index (χ1v) is 7.03. The summed E-state index contributed by atoms with van der Waals surface area (Å²) in [6, 6.07) is 10.7. The van der Waals surface area contributed by atoms with Gasteiger partial charge in [0.1, 0.15) is 0 Å². The number of benzene rings is 1. The average Bonchev–Trinajstić information content (AvgIpc) is 2.41. The van der Waals surface area contributed by atoms with Gasteiger partial charge in [0, 0.05) is 12.5 Å². The van der Waals surface area contributed by atoms with Gasteiger partial charge in [-0.25, -0.2) is 0 Å². The summed E-state index contributed by atoms with van der Waals surface area (Å²) in [5, 5.41) is 3.03. The molecule has 1 amide bonds. The highest BCUT2D eigenvalue weighted by Crippen LogP contribution is 2.17. The van der Waals surface area contributed by atoms with E-state index in [-0.39, 0.29) is 5.91 Å². The molecule has 1 N–H and O–H groups in total. The highest BCUT2D eigenvalue weighted by Gasteiger charge is 2.13. The SMILES string of the molecule is CCC(=O)NC1CCCCC1.Cc1ccccc1. The molecule has 0 saturated heterocycles. The van der Waals surface area contributed by atoms with E-state index in [1.54, 1.807) is 0 Å². The maximum atomic E-state index is 11.0. The molecular formula is C16H25NO. The van der Waals surface area contributed by atoms with Crippen LogP contribution in [0.2, 0.25) is 0 Å². The van der Waals surface area contributed by atoms with Crippen LogP contribution >= 0.6 is 0 Å². The summed E-state index contributed by atoms with van der Waals surface area (Å²) in [6.45, 7) is 3.98. The summed E-state index contributed by atoms with van der Waals surface area (Å²) in [5.74, 6) is 0.205. The van der Waals surface area contributed by atoms with E-state index < -0.39 is 0 Å². The summed E-state index contributed by atoms with van der Waals surface area (Å²) in [7, 11) is 0. The maximum absolute atomic E-state index is 11.0. The summed E-state index contributed by atoms with van der Waals surface area (Å²) in [6.07, 6.45) is 6.91. The number of carbonyl (C=O) groups is 1. The van der Waals surface area contributed by atoms with Crippen molar-refractivity contribution >= 4 is 5.91 Å². The van der Waals surface area contributed by atoms with Crippen LogP contribution < -0.4 is 5.32 Å². The zero-order valence-electron chi connectivity index (χ0n) is 11.6. The molecule has 2 heteroatoms. The van der Waals surface area contributed by atoms with Crippen molar-refractivity contribution in [1.82, 2.24) is 5.32 Å². The molecule has 0 aromatic heterocycles. The zero-order valence-corrected chi connectivity index (χ0v) is 11.6. The van der Waals surface area contributed by atoms with Gasteiger partial charge in [-0.3, -0.25) is 4.79 Å². The Balaban J connectivity index is 0.000000199. The summed E-state index contributed by atoms with van der Waals surface area (Å²) in [5.41, 5.74) is 1.32. The van der Waals surface area contributed by atoms with E-state index in [9.17, 15) is 4.79 Å². The van der Waals surface area contributed by atoms with E-state index in [0.717, 1.165) is 0 Å². The molecule has 1 saturated carbocycles. The van der Waals surface area contributed by atoms with E-state index in [0.29, 0.717) is 12.5 Å². The largest absolute Gasteiger partial charge is 0.353 e. The lowest BCUT2D eigenvalue weighted by atomic mass is 9.95. The van der Waals surface area contributed by atoms with Gasteiger partial charge in [-0.15, -0.1) is 0 Å². The quantitative estimate of drug-likeness (QED) is 0.845. The maximum Gasteiger partial charge on any atom is 0.219 e. The lowest BCUT2D eigenvalue weighted by molar-refractivity contribution is -0.121. The minimum atomic E-state index is 0.205. The Labute approximate surface area is 111 Å². The number of nitrogens with one attached hydrogen (secondary N) is 1. The second-order valence-electron chi connectivity index (χ2n) is 4.91. The van der Waals surface area contributed by atoms with Crippen molar-refractivity contribution in [3.8, 4) is 0 Å². The Bertz CT molecular complexity index is 328. The highest BCUT2D eigenvalue weighted by atomic mass is 16.1. The fourth-order valence-electron chi connectivity index (χ4n) is 2.11. The molecule has 1 fully saturated rings. The average molecular weight is 247 g/mol. The lowest BCUT2D eigenvalue weighted by Gasteiger charge is -2.22. The monoisotopic (exact) mass is 247 g/mol. The molecule has 0 spiro atoms. The molecule has 0 bridgehead atoms. The second kappa shape index (κ2) is 8.73. The second-order valence-corrected chi connectivity index (χ2v) is 4.91. The van der Waals surface area contributed by atoms with Gasteiger partial charge in [-0.2, -0.15) is 0 Å². The van der Waals surface area contributed by atoms with Crippen molar-refractivity contribution in [2.45, 2.75) is 58.4 Å². The molecule has 2 rings (SSSR count). The van der Waals surface area contributed by atoms with Crippen LogP contribution in [0.3, 0.4) is 0 Å². The summed E-state index contributed by atoms with van der Waals surface area (Å²) in [4.78, 5) is 11.0. The van der Waals surface area contributed by atoms with Gasteiger partial charge in [0.15, 0.2) is 0 Å². The molecule has 0 unspecified atom stereocenters. The Morgan fingerprint density at radius 3 is 2.22 bits per heavy atom. The number of aryl methyl sites for hydroxylation is 1. The predicted octanol–water partition coefficient (Wildman–Crippen LogP) is 3.84. The fraction of sp³-hybridized carbons (Fsp3) is 0.562. The summed E-state index contributed by atoms with van der Waals surface area (Å²) >= 11 is 0. The molecular weight excluding hydrogens is 222 g/mol. The van der Waals surface area contributed by atoms with Crippen molar-refractivity contribution < 1.29 is 4.79 Å². The summed E-state index contributed by atoms with van der Waals surface area (Å²) < 4.78 is 0. The Morgan fingerprint density at radius 2 is 1.78 bits per heavy atom. The smallest absolute Gasteiger partial charge is 0.219 e. The van der Waals surface area contributed by atoms with Gasteiger partial charge < -0.3 is 5.32 Å². The first kappa shape index (κ1) is 14.7. The van der Waals surface area contributed by atoms with Crippen LogP contribution in [-0.2, 0) is 4.79 Å². The third kappa shape index (κ3) is 6.43. The third-order valence-electron chi connectivity index (χ3n) is 3.23. The molecule has 0 atom stereocenters. The minimum Gasteiger partial charge on any atom is -0.353 e. The van der Waals surface area contributed by atoms with Crippen LogP contribution in [0.15, 0.2) is 30.3 Å². The topological polar surface area (TPSA) is 29.1 Å². The van der Waals surface area contributed by atoms with Crippen LogP contribution in [0.25, 0.3) is 0 Å². The Kier molecular flexibility index (Phi) is 7.16. The number of hydrogen-bond donors (Lipinski definition) is 1. The minimum absolute atomic E-state index is 0.205. The first-order chi connectivity index (χ1) is 8.72. The molecule has 1 aromatic rings. The van der Waals surface area contributed by atoms with E-state index in [2.05, 4.69) is 24.4 Å². The van der Waals surface area contributed by atoms with Gasteiger partial charge in [0.05, 0.1) is 0 Å². The van der Waals surface area contributed by atoms with Gasteiger partial charge in [0.2, 0.25) is 5.91 Å². The van der Waals surface area contributed by atoms with Gasteiger partial charge in [0.25, 0.3) is 0 Å². The third-order valence-corrected chi connectivity index (χ3v) is 3.23. The number of amides is 1. The zero-order chi connectivity index (χ0) is 13.2. The van der Waals surface area contributed by atoms with Crippen LogP contribution in [0.1, 0.15) is 51.0 Å². The standard InChI is InChI=1S/C9H17NO.C7H8/c1-2-9(11)10-8-6-4-3-5-7-8;1-7-5-3-2-4-6-7/h8H,2-7H2,1H3,(H,10,11);2-6H,1H3. The fourth-order valence-corrected chi connectivity index (χ4v) is 2.11. The Morgan fingerprint density at radius 1 is 1.17 bits per heavy atom. The van der Waals surface area contributed by atoms with E-state index in [4.69, 9.17) is 0 Å². The highest BCUT2D eigenvalue weighted by molar-refractivity contribution is 5.75. The number of carbonyl (C=O) groups excluding carboxylic acids is 1. The molecule has 0 heterocycles. The molecule has 0 radical (unpaired) electrons. The molecule has 1 aliphatic rings. The van der Waals surface area contributed by atoms with E-state index >= 15 is 0 Å². The van der Waals surface area contributed by atoms with Crippen LogP contribution in [-0.4, -0.2) is 11.9 Å². The van der Waals surface area contributed by atoms with Crippen LogP contribution in [0.5, 0.6) is 0 Å². The molecule has 100 valence electrons. The van der Waals surface area contributed by atoms with Crippen molar-refractivity contribution in [3.05, 3.63) is 35.9 Å². The van der Waals surface area contributed by atoms with Gasteiger partial charge in [-0.1, -0.05) is 62.1 Å². The first-order valence-electron chi connectivity index (χ1n) is 7.03. The Hall–Kier alpha value is -1.31. The van der Waals surface area contributed by atoms with E-state index in [1.165, 1.54) is 37.7 Å². The van der Waals surface area contributed by atoms with Crippen molar-refractivity contribution in [3.63, 3.8) is 0 Å². The van der Waals surface area contributed by atoms with Crippen molar-refractivity contribution in [2.75, 3.05) is 0 Å². The molecule has 0 aliphatic heterocycles. The lowest BCUT2D eigenvalue weighted by Crippen LogP contribution is -2.35. The van der Waals surface area contributed by atoms with Gasteiger partial charge in [-0.05, 0) is 19.8 Å². The van der Waals surface area contributed by atoms with E-state index in [1.807, 2.05) is 25.1 Å². The van der Waals surface area contributed by atoms with Crippen LogP contribution in [0.4, 0.5) is 0 Å². The molecule has 1 aliphatic carbocycles. The molecule has 18 heavy (non-hydrogen) atoms. The predicted molar refractivity (Wildman–Crippen MR) is 76.5 cm³/mol. The van der Waals surface area contributed by atoms with Crippen molar-refractivity contribution in [2.24, 2.45) is 0 Å².